The van der Waals surface area contributed by atoms with Crippen LogP contribution in [0.5, 0.6) is 5.75 Å². The normalized spacial score (nSPS) is 10.4. The van der Waals surface area contributed by atoms with Crippen molar-refractivity contribution < 1.29 is 28.2 Å². The number of benzene rings is 2. The van der Waals surface area contributed by atoms with Gasteiger partial charge >= 0.3 is 12.0 Å². The van der Waals surface area contributed by atoms with Crippen LogP contribution in [0.15, 0.2) is 54.6 Å². The van der Waals surface area contributed by atoms with Gasteiger partial charge in [0.25, 0.3) is 5.91 Å². The summed E-state index contributed by atoms with van der Waals surface area (Å²) in [6.07, 6.45) is 2.67. The molecule has 0 atom stereocenters. The zero-order valence-corrected chi connectivity index (χ0v) is 15.1. The number of esters is 1. The molecule has 3 amide bonds. The number of urea groups is 1. The van der Waals surface area contributed by atoms with Crippen molar-refractivity contribution >= 4 is 29.7 Å². The average Bonchev–Trinajstić information content (AvgIpc) is 2.68. The molecule has 0 fully saturated rings. The zero-order valence-electron chi connectivity index (χ0n) is 15.1. The first kappa shape index (κ1) is 20.6. The molecule has 0 saturated heterocycles. The fraction of sp³-hybridized carbons (Fsp3) is 0.150. The topological polar surface area (TPSA) is 93.7 Å². The lowest BCUT2D eigenvalue weighted by atomic mass is 10.2. The summed E-state index contributed by atoms with van der Waals surface area (Å²) in [5.41, 5.74) is 0.664. The SMILES string of the molecule is CCOc1ccc(/C=C/C(=O)OCC(=O)NC(=O)Nc2ccccc2F)cc1. The number of amides is 3. The molecule has 0 aliphatic rings. The first-order chi connectivity index (χ1) is 13.5. The predicted octanol–water partition coefficient (Wildman–Crippen LogP) is 3.13. The van der Waals surface area contributed by atoms with E-state index in [1.807, 2.05) is 12.2 Å². The van der Waals surface area contributed by atoms with Crippen molar-refractivity contribution in [2.75, 3.05) is 18.5 Å². The molecule has 2 aromatic carbocycles. The number of anilines is 1. The lowest BCUT2D eigenvalue weighted by Gasteiger charge is -2.07. The van der Waals surface area contributed by atoms with E-state index < -0.39 is 30.3 Å². The number of imide groups is 1. The van der Waals surface area contributed by atoms with Crippen molar-refractivity contribution in [1.82, 2.24) is 5.32 Å². The van der Waals surface area contributed by atoms with E-state index in [0.717, 1.165) is 17.7 Å². The molecule has 0 unspecified atom stereocenters. The second-order valence-electron chi connectivity index (χ2n) is 5.43. The summed E-state index contributed by atoms with van der Waals surface area (Å²) >= 11 is 0. The number of rotatable bonds is 7. The maximum atomic E-state index is 13.4. The summed E-state index contributed by atoms with van der Waals surface area (Å²) in [6, 6.07) is 11.6. The van der Waals surface area contributed by atoms with Gasteiger partial charge in [0.15, 0.2) is 6.61 Å². The average molecular weight is 386 g/mol. The molecule has 0 spiro atoms. The van der Waals surface area contributed by atoms with E-state index in [0.29, 0.717) is 12.4 Å². The molecule has 2 N–H and O–H groups in total. The van der Waals surface area contributed by atoms with Crippen molar-refractivity contribution in [3.63, 3.8) is 0 Å². The van der Waals surface area contributed by atoms with Gasteiger partial charge in [-0.25, -0.2) is 14.0 Å². The van der Waals surface area contributed by atoms with Gasteiger partial charge in [-0.15, -0.1) is 0 Å². The van der Waals surface area contributed by atoms with Gasteiger partial charge in [0, 0.05) is 6.08 Å². The minimum atomic E-state index is -0.934. The molecule has 0 aromatic heterocycles. The molecule has 0 saturated carbocycles. The zero-order chi connectivity index (χ0) is 20.4. The van der Waals surface area contributed by atoms with E-state index in [1.165, 1.54) is 24.3 Å². The molecule has 28 heavy (non-hydrogen) atoms. The second kappa shape index (κ2) is 10.5. The van der Waals surface area contributed by atoms with Gasteiger partial charge in [-0.05, 0) is 42.8 Å². The van der Waals surface area contributed by atoms with Crippen LogP contribution in [-0.4, -0.2) is 31.1 Å². The predicted molar refractivity (Wildman–Crippen MR) is 101 cm³/mol. The Balaban J connectivity index is 1.74. The van der Waals surface area contributed by atoms with Gasteiger partial charge in [-0.1, -0.05) is 24.3 Å². The molecular formula is C20H19FN2O5. The molecule has 8 heteroatoms. The third-order valence-corrected chi connectivity index (χ3v) is 3.32. The number of carbonyl (C=O) groups excluding carboxylic acids is 3. The van der Waals surface area contributed by atoms with Crippen LogP contribution >= 0.6 is 0 Å². The minimum absolute atomic E-state index is 0.0805. The van der Waals surface area contributed by atoms with Crippen molar-refractivity contribution in [1.29, 1.82) is 0 Å². The molecule has 0 bridgehead atoms. The van der Waals surface area contributed by atoms with Crippen LogP contribution in [0.4, 0.5) is 14.9 Å². The molecule has 2 aromatic rings. The molecule has 7 nitrogen and oxygen atoms in total. The van der Waals surface area contributed by atoms with E-state index in [9.17, 15) is 18.8 Å². The van der Waals surface area contributed by atoms with E-state index in [-0.39, 0.29) is 5.69 Å². The molecular weight excluding hydrogens is 367 g/mol. The standard InChI is InChI=1S/C20H19FN2O5/c1-2-27-15-10-7-14(8-11-15)9-12-19(25)28-13-18(24)23-20(26)22-17-6-4-3-5-16(17)21/h3-12H,2,13H2,1H3,(H2,22,23,24,26)/b12-9+. The Labute approximate surface area is 161 Å². The van der Waals surface area contributed by atoms with Crippen LogP contribution in [0.1, 0.15) is 12.5 Å². The molecule has 0 aliphatic heterocycles. The van der Waals surface area contributed by atoms with Crippen LogP contribution in [-0.2, 0) is 14.3 Å². The molecule has 146 valence electrons. The number of hydrogen-bond acceptors (Lipinski definition) is 5. The highest BCUT2D eigenvalue weighted by molar-refractivity contribution is 6.02. The summed E-state index contributed by atoms with van der Waals surface area (Å²) in [7, 11) is 0. The Hall–Kier alpha value is -3.68. The third-order valence-electron chi connectivity index (χ3n) is 3.32. The van der Waals surface area contributed by atoms with Crippen LogP contribution < -0.4 is 15.4 Å². The van der Waals surface area contributed by atoms with Crippen molar-refractivity contribution in [3.05, 3.63) is 66.0 Å². The van der Waals surface area contributed by atoms with Crippen molar-refractivity contribution in [3.8, 4) is 5.75 Å². The summed E-state index contributed by atoms with van der Waals surface area (Å²) < 4.78 is 23.5. The van der Waals surface area contributed by atoms with E-state index >= 15 is 0 Å². The van der Waals surface area contributed by atoms with Crippen LogP contribution in [0.2, 0.25) is 0 Å². The summed E-state index contributed by atoms with van der Waals surface area (Å²) in [6.45, 7) is 1.78. The quantitative estimate of drug-likeness (QED) is 0.563. The Morgan fingerprint density at radius 3 is 2.46 bits per heavy atom. The largest absolute Gasteiger partial charge is 0.494 e. The lowest BCUT2D eigenvalue weighted by molar-refractivity contribution is -0.143. The number of para-hydroxylation sites is 1. The van der Waals surface area contributed by atoms with Crippen LogP contribution in [0, 0.1) is 5.82 Å². The highest BCUT2D eigenvalue weighted by atomic mass is 19.1. The minimum Gasteiger partial charge on any atom is -0.494 e. The number of hydrogen-bond donors (Lipinski definition) is 2. The number of ether oxygens (including phenoxy) is 2. The van der Waals surface area contributed by atoms with Crippen molar-refractivity contribution in [2.24, 2.45) is 0 Å². The molecule has 0 heterocycles. The molecule has 0 radical (unpaired) electrons. The van der Waals surface area contributed by atoms with Crippen LogP contribution in [0.25, 0.3) is 6.08 Å². The summed E-state index contributed by atoms with van der Waals surface area (Å²) in [5, 5.41) is 4.11. The van der Waals surface area contributed by atoms with Gasteiger partial charge in [-0.2, -0.15) is 0 Å². The molecule has 2 rings (SSSR count). The maximum absolute atomic E-state index is 13.4. The third kappa shape index (κ3) is 6.91. The maximum Gasteiger partial charge on any atom is 0.331 e. The summed E-state index contributed by atoms with van der Waals surface area (Å²) in [4.78, 5) is 34.9. The van der Waals surface area contributed by atoms with E-state index in [2.05, 4.69) is 5.32 Å². The van der Waals surface area contributed by atoms with Crippen molar-refractivity contribution in [2.45, 2.75) is 6.92 Å². The second-order valence-corrected chi connectivity index (χ2v) is 5.43. The number of carbonyl (C=O) groups is 3. The number of halogens is 1. The van der Waals surface area contributed by atoms with E-state index in [4.69, 9.17) is 9.47 Å². The van der Waals surface area contributed by atoms with Gasteiger partial charge < -0.3 is 14.8 Å². The highest BCUT2D eigenvalue weighted by Crippen LogP contribution is 2.13. The summed E-state index contributed by atoms with van der Waals surface area (Å²) in [5.74, 6) is -1.53. The highest BCUT2D eigenvalue weighted by Gasteiger charge is 2.11. The van der Waals surface area contributed by atoms with E-state index in [1.54, 1.807) is 24.3 Å². The smallest absolute Gasteiger partial charge is 0.331 e. The first-order valence-electron chi connectivity index (χ1n) is 8.41. The Morgan fingerprint density at radius 1 is 1.07 bits per heavy atom. The van der Waals surface area contributed by atoms with Crippen LogP contribution in [0.3, 0.4) is 0 Å². The number of nitrogens with one attached hydrogen (secondary N) is 2. The fourth-order valence-electron chi connectivity index (χ4n) is 2.07. The molecule has 0 aliphatic carbocycles. The van der Waals surface area contributed by atoms with Gasteiger partial charge in [-0.3, -0.25) is 10.1 Å². The first-order valence-corrected chi connectivity index (χ1v) is 8.41. The Kier molecular flexibility index (Phi) is 7.71. The lowest BCUT2D eigenvalue weighted by Crippen LogP contribution is -2.37. The van der Waals surface area contributed by atoms with Gasteiger partial charge in [0.1, 0.15) is 11.6 Å². The van der Waals surface area contributed by atoms with Gasteiger partial charge in [0.2, 0.25) is 0 Å². The Morgan fingerprint density at radius 2 is 1.79 bits per heavy atom. The monoisotopic (exact) mass is 386 g/mol. The fourth-order valence-corrected chi connectivity index (χ4v) is 2.07. The Bertz CT molecular complexity index is 865. The van der Waals surface area contributed by atoms with Gasteiger partial charge in [0.05, 0.1) is 12.3 Å².